The Morgan fingerprint density at radius 2 is 2.07 bits per heavy atom. The summed E-state index contributed by atoms with van der Waals surface area (Å²) >= 11 is 0. The molecule has 5 heteroatoms. The van der Waals surface area contributed by atoms with E-state index in [0.717, 1.165) is 5.69 Å². The van der Waals surface area contributed by atoms with E-state index in [1.165, 1.54) is 10.6 Å². The molecule has 0 saturated carbocycles. The molecule has 0 atom stereocenters. The molecule has 0 radical (unpaired) electrons. The third-order valence-electron chi connectivity index (χ3n) is 2.24. The molecule has 0 aliphatic rings. The van der Waals surface area contributed by atoms with Crippen molar-refractivity contribution in [3.8, 4) is 0 Å². The molecular formula is C10H14N4O. The predicted octanol–water partition coefficient (Wildman–Crippen LogP) is 0.902. The van der Waals surface area contributed by atoms with Gasteiger partial charge in [-0.2, -0.15) is 4.52 Å². The van der Waals surface area contributed by atoms with Gasteiger partial charge in [-0.25, -0.2) is 4.98 Å². The second-order valence-electron chi connectivity index (χ2n) is 4.63. The molecule has 80 valence electrons. The van der Waals surface area contributed by atoms with Crippen molar-refractivity contribution in [3.63, 3.8) is 0 Å². The molecule has 2 aromatic heterocycles. The molecule has 2 heterocycles. The van der Waals surface area contributed by atoms with Crippen LogP contribution in [0.4, 0.5) is 5.82 Å². The Morgan fingerprint density at radius 1 is 1.40 bits per heavy atom. The second-order valence-corrected chi connectivity index (χ2v) is 4.63. The molecule has 15 heavy (non-hydrogen) atoms. The van der Waals surface area contributed by atoms with Gasteiger partial charge in [-0.15, -0.1) is 0 Å². The van der Waals surface area contributed by atoms with Gasteiger partial charge in [0.25, 0.3) is 5.56 Å². The van der Waals surface area contributed by atoms with Crippen LogP contribution in [-0.2, 0) is 5.41 Å². The minimum Gasteiger partial charge on any atom is -0.384 e. The first kappa shape index (κ1) is 9.76. The van der Waals surface area contributed by atoms with Crippen molar-refractivity contribution < 1.29 is 0 Å². The fourth-order valence-corrected chi connectivity index (χ4v) is 1.39. The zero-order chi connectivity index (χ0) is 11.2. The second kappa shape index (κ2) is 2.85. The molecule has 0 spiro atoms. The Bertz CT molecular complexity index is 559. The number of anilines is 1. The van der Waals surface area contributed by atoms with Gasteiger partial charge in [-0.3, -0.25) is 9.89 Å². The number of fused-ring (bicyclic) bond motifs is 1. The third kappa shape index (κ3) is 1.60. The summed E-state index contributed by atoms with van der Waals surface area (Å²) in [6.45, 7) is 6.05. The molecule has 0 amide bonds. The number of H-pyrrole nitrogens is 1. The number of nitrogens with one attached hydrogen (secondary N) is 1. The average molecular weight is 206 g/mol. The highest BCUT2D eigenvalue weighted by Gasteiger charge is 2.17. The Labute approximate surface area is 86.9 Å². The highest BCUT2D eigenvalue weighted by atomic mass is 16.1. The van der Waals surface area contributed by atoms with Crippen LogP contribution in [0.1, 0.15) is 26.5 Å². The van der Waals surface area contributed by atoms with Gasteiger partial charge in [0.2, 0.25) is 0 Å². The van der Waals surface area contributed by atoms with Crippen LogP contribution in [0.25, 0.3) is 5.65 Å². The van der Waals surface area contributed by atoms with Crippen LogP contribution < -0.4 is 11.3 Å². The number of aromatic nitrogens is 3. The summed E-state index contributed by atoms with van der Waals surface area (Å²) < 4.78 is 1.34. The Balaban J connectivity index is 2.78. The first-order chi connectivity index (χ1) is 6.88. The lowest BCUT2D eigenvalue weighted by Gasteiger charge is -2.16. The number of rotatable bonds is 0. The Kier molecular flexibility index (Phi) is 1.86. The van der Waals surface area contributed by atoms with Crippen molar-refractivity contribution in [1.82, 2.24) is 14.6 Å². The van der Waals surface area contributed by atoms with Crippen LogP contribution in [-0.4, -0.2) is 14.6 Å². The molecule has 0 bridgehead atoms. The van der Waals surface area contributed by atoms with Gasteiger partial charge in [-0.05, 0) is 0 Å². The van der Waals surface area contributed by atoms with E-state index >= 15 is 0 Å². The topological polar surface area (TPSA) is 76.2 Å². The molecule has 5 nitrogen and oxygen atoms in total. The normalized spacial score (nSPS) is 12.2. The summed E-state index contributed by atoms with van der Waals surface area (Å²) in [6, 6.07) is 3.18. The van der Waals surface area contributed by atoms with E-state index in [4.69, 9.17) is 5.73 Å². The van der Waals surface area contributed by atoms with Crippen LogP contribution in [0.3, 0.4) is 0 Å². The van der Waals surface area contributed by atoms with Gasteiger partial charge in [0, 0.05) is 17.5 Å². The number of hydrogen-bond acceptors (Lipinski definition) is 3. The van der Waals surface area contributed by atoms with Crippen LogP contribution >= 0.6 is 0 Å². The highest BCUT2D eigenvalue weighted by Crippen LogP contribution is 2.19. The van der Waals surface area contributed by atoms with Crippen LogP contribution in [0.5, 0.6) is 0 Å². The Morgan fingerprint density at radius 3 is 2.67 bits per heavy atom. The fourth-order valence-electron chi connectivity index (χ4n) is 1.39. The van der Waals surface area contributed by atoms with Gasteiger partial charge < -0.3 is 5.73 Å². The number of hydrogen-bond donors (Lipinski definition) is 2. The zero-order valence-corrected chi connectivity index (χ0v) is 9.03. The smallest absolute Gasteiger partial charge is 0.272 e. The average Bonchev–Trinajstić information content (AvgIpc) is 2.44. The van der Waals surface area contributed by atoms with E-state index in [-0.39, 0.29) is 11.0 Å². The van der Waals surface area contributed by atoms with Crippen molar-refractivity contribution in [2.75, 3.05) is 5.73 Å². The van der Waals surface area contributed by atoms with Crippen molar-refractivity contribution in [2.45, 2.75) is 26.2 Å². The summed E-state index contributed by atoms with van der Waals surface area (Å²) in [5.41, 5.74) is 6.62. The summed E-state index contributed by atoms with van der Waals surface area (Å²) in [6.07, 6.45) is 0. The lowest BCUT2D eigenvalue weighted by atomic mass is 9.92. The maximum Gasteiger partial charge on any atom is 0.272 e. The Hall–Kier alpha value is -1.78. The molecule has 0 fully saturated rings. The number of nitrogen functional groups attached to an aromatic ring is 1. The standard InChI is InChI=1S/C10H14N4O/c1-10(2,3)6-4-9(15)14-8(12-6)5-7(11)13-14/h4-5,13H,11H2,1-3H3. The van der Waals surface area contributed by atoms with Crippen LogP contribution in [0.15, 0.2) is 16.9 Å². The maximum absolute atomic E-state index is 11.7. The molecule has 0 aliphatic heterocycles. The maximum atomic E-state index is 11.7. The lowest BCUT2D eigenvalue weighted by Crippen LogP contribution is -2.21. The van der Waals surface area contributed by atoms with Gasteiger partial charge in [0.15, 0.2) is 5.65 Å². The highest BCUT2D eigenvalue weighted by molar-refractivity contribution is 5.48. The minimum absolute atomic E-state index is 0.137. The summed E-state index contributed by atoms with van der Waals surface area (Å²) in [4.78, 5) is 16.1. The van der Waals surface area contributed by atoms with E-state index < -0.39 is 0 Å². The van der Waals surface area contributed by atoms with E-state index in [2.05, 4.69) is 10.1 Å². The molecular weight excluding hydrogens is 192 g/mol. The number of nitrogens with two attached hydrogens (primary N) is 1. The van der Waals surface area contributed by atoms with Gasteiger partial charge in [0.1, 0.15) is 5.82 Å². The summed E-state index contributed by atoms with van der Waals surface area (Å²) in [5.74, 6) is 0.436. The van der Waals surface area contributed by atoms with E-state index in [1.54, 1.807) is 6.07 Å². The molecule has 3 N–H and O–H groups in total. The SMILES string of the molecule is CC(C)(C)c1cc(=O)n2[nH]c(N)cc2n1. The molecule has 2 aromatic rings. The van der Waals surface area contributed by atoms with Crippen molar-refractivity contribution >= 4 is 11.5 Å². The lowest BCUT2D eigenvalue weighted by molar-refractivity contribution is 0.566. The largest absolute Gasteiger partial charge is 0.384 e. The molecule has 0 aromatic carbocycles. The van der Waals surface area contributed by atoms with Gasteiger partial charge in [0.05, 0.1) is 5.69 Å². The summed E-state index contributed by atoms with van der Waals surface area (Å²) in [5, 5.41) is 2.72. The quantitative estimate of drug-likeness (QED) is 0.672. The van der Waals surface area contributed by atoms with Crippen LogP contribution in [0.2, 0.25) is 0 Å². The zero-order valence-electron chi connectivity index (χ0n) is 9.03. The summed E-state index contributed by atoms with van der Waals surface area (Å²) in [7, 11) is 0. The van der Waals surface area contributed by atoms with Crippen LogP contribution in [0, 0.1) is 0 Å². The predicted molar refractivity (Wildman–Crippen MR) is 58.9 cm³/mol. The number of aromatic amines is 1. The van der Waals surface area contributed by atoms with E-state index in [1.807, 2.05) is 20.8 Å². The monoisotopic (exact) mass is 206 g/mol. The number of nitrogens with zero attached hydrogens (tertiary/aromatic N) is 2. The first-order valence-electron chi connectivity index (χ1n) is 4.77. The van der Waals surface area contributed by atoms with Gasteiger partial charge >= 0.3 is 0 Å². The minimum atomic E-state index is -0.139. The molecule has 0 aliphatic carbocycles. The third-order valence-corrected chi connectivity index (χ3v) is 2.24. The first-order valence-corrected chi connectivity index (χ1v) is 4.77. The molecule has 0 unspecified atom stereocenters. The van der Waals surface area contributed by atoms with Crippen molar-refractivity contribution in [3.05, 3.63) is 28.2 Å². The molecule has 2 rings (SSSR count). The van der Waals surface area contributed by atoms with E-state index in [0.29, 0.717) is 11.5 Å². The van der Waals surface area contributed by atoms with Crippen molar-refractivity contribution in [1.29, 1.82) is 0 Å². The van der Waals surface area contributed by atoms with Gasteiger partial charge in [-0.1, -0.05) is 20.8 Å². The van der Waals surface area contributed by atoms with Crippen molar-refractivity contribution in [2.24, 2.45) is 0 Å². The van der Waals surface area contributed by atoms with E-state index in [9.17, 15) is 4.79 Å². The molecule has 0 saturated heterocycles. The fraction of sp³-hybridized carbons (Fsp3) is 0.400.